The maximum atomic E-state index is 4.27. The third-order valence-corrected chi connectivity index (χ3v) is 6.15. The molecule has 170 valence electrons. The molecule has 1 aromatic rings. The average Bonchev–Trinajstić information content (AvgIpc) is 2.72. The Morgan fingerprint density at radius 1 is 0.759 bits per heavy atom. The number of aromatic nitrogens is 1. The Labute approximate surface area is 198 Å². The maximum Gasteiger partial charge on any atom is 0.169 e. The third kappa shape index (κ3) is 17.3. The molecular formula is C25H47BrN2S. The number of pyridine rings is 1. The van der Waals surface area contributed by atoms with Gasteiger partial charge >= 0.3 is 0 Å². The summed E-state index contributed by atoms with van der Waals surface area (Å²) in [6, 6.07) is 4.66. The molecule has 4 heteroatoms. The van der Waals surface area contributed by atoms with Crippen molar-refractivity contribution in [2.75, 3.05) is 25.9 Å². The summed E-state index contributed by atoms with van der Waals surface area (Å²) in [5.41, 5.74) is 1.50. The van der Waals surface area contributed by atoms with Crippen molar-refractivity contribution in [1.82, 2.24) is 4.90 Å². The summed E-state index contributed by atoms with van der Waals surface area (Å²) in [5.74, 6) is 1.05. The first kappa shape index (κ1) is 28.9. The molecule has 29 heavy (non-hydrogen) atoms. The molecule has 0 saturated heterocycles. The van der Waals surface area contributed by atoms with Crippen LogP contribution in [0.4, 0.5) is 0 Å². The number of nitrogens with zero attached hydrogens (tertiary/aromatic N) is 2. The highest BCUT2D eigenvalue weighted by atomic mass is 79.9. The van der Waals surface area contributed by atoms with Crippen LogP contribution in [0.25, 0.3) is 0 Å². The summed E-state index contributed by atoms with van der Waals surface area (Å²) in [7, 11) is 2.21. The van der Waals surface area contributed by atoms with Crippen LogP contribution in [0.2, 0.25) is 0 Å². The van der Waals surface area contributed by atoms with Crippen molar-refractivity contribution in [3.05, 3.63) is 30.1 Å². The van der Waals surface area contributed by atoms with Crippen LogP contribution in [-0.2, 0) is 13.0 Å². The zero-order chi connectivity index (χ0) is 20.3. The molecule has 0 aliphatic rings. The molecule has 0 spiro atoms. The van der Waals surface area contributed by atoms with Crippen LogP contribution in [-0.4, -0.2) is 30.8 Å². The van der Waals surface area contributed by atoms with E-state index >= 15 is 0 Å². The molecule has 0 aromatic carbocycles. The Kier molecular flexibility index (Phi) is 21.1. The summed E-state index contributed by atoms with van der Waals surface area (Å²) in [5, 5.41) is 0. The van der Waals surface area contributed by atoms with Gasteiger partial charge in [-0.1, -0.05) is 58.3 Å². The molecule has 0 aliphatic heterocycles. The molecule has 0 atom stereocenters. The van der Waals surface area contributed by atoms with E-state index in [9.17, 15) is 0 Å². The Morgan fingerprint density at radius 2 is 1.28 bits per heavy atom. The number of hydrogen-bond donors (Lipinski definition) is 1. The fourth-order valence-electron chi connectivity index (χ4n) is 3.67. The highest BCUT2D eigenvalue weighted by molar-refractivity contribution is 7.80. The summed E-state index contributed by atoms with van der Waals surface area (Å²) in [6.07, 6.45) is 23.6. The van der Waals surface area contributed by atoms with Gasteiger partial charge in [0, 0.05) is 18.6 Å². The number of hydrogen-bond acceptors (Lipinski definition) is 2. The van der Waals surface area contributed by atoms with Gasteiger partial charge in [0.15, 0.2) is 12.4 Å². The molecule has 0 unspecified atom stereocenters. The molecule has 0 radical (unpaired) electrons. The third-order valence-electron chi connectivity index (χ3n) is 5.83. The van der Waals surface area contributed by atoms with Gasteiger partial charge in [0.1, 0.15) is 6.54 Å². The van der Waals surface area contributed by atoms with E-state index in [0.29, 0.717) is 0 Å². The number of halogens is 1. The number of unbranched alkanes of at least 4 members (excludes halogenated alkanes) is 11. The fraction of sp³-hybridized carbons (Fsp3) is 0.800. The molecule has 1 rings (SSSR count). The average molecular weight is 488 g/mol. The maximum absolute atomic E-state index is 4.27. The molecular weight excluding hydrogens is 440 g/mol. The van der Waals surface area contributed by atoms with E-state index in [4.69, 9.17) is 0 Å². The lowest BCUT2D eigenvalue weighted by atomic mass is 10.1. The van der Waals surface area contributed by atoms with Gasteiger partial charge in [0.2, 0.25) is 0 Å². The number of rotatable bonds is 19. The van der Waals surface area contributed by atoms with Gasteiger partial charge in [0.25, 0.3) is 0 Å². The predicted molar refractivity (Wildman–Crippen MR) is 127 cm³/mol. The van der Waals surface area contributed by atoms with E-state index in [0.717, 1.165) is 5.75 Å². The lowest BCUT2D eigenvalue weighted by molar-refractivity contribution is -0.697. The minimum Gasteiger partial charge on any atom is -1.00 e. The molecule has 0 N–H and O–H groups in total. The minimum atomic E-state index is 0. The predicted octanol–water partition coefficient (Wildman–Crippen LogP) is 3.47. The Morgan fingerprint density at radius 3 is 1.86 bits per heavy atom. The Hall–Kier alpha value is -0.0600. The van der Waals surface area contributed by atoms with Gasteiger partial charge < -0.3 is 21.9 Å². The topological polar surface area (TPSA) is 7.12 Å². The van der Waals surface area contributed by atoms with Crippen molar-refractivity contribution in [3.8, 4) is 0 Å². The van der Waals surface area contributed by atoms with Crippen LogP contribution in [0.1, 0.15) is 96.0 Å². The van der Waals surface area contributed by atoms with E-state index in [1.54, 1.807) is 0 Å². The van der Waals surface area contributed by atoms with Crippen molar-refractivity contribution >= 4 is 12.6 Å². The minimum absolute atomic E-state index is 0. The van der Waals surface area contributed by atoms with Crippen LogP contribution in [0.3, 0.4) is 0 Å². The van der Waals surface area contributed by atoms with Crippen molar-refractivity contribution in [2.24, 2.45) is 0 Å². The quantitative estimate of drug-likeness (QED) is 0.178. The second-order valence-corrected chi connectivity index (χ2v) is 8.86. The first-order valence-corrected chi connectivity index (χ1v) is 12.7. The fourth-order valence-corrected chi connectivity index (χ4v) is 3.89. The van der Waals surface area contributed by atoms with E-state index in [2.05, 4.69) is 60.6 Å². The van der Waals surface area contributed by atoms with Gasteiger partial charge in [-0.3, -0.25) is 0 Å². The zero-order valence-corrected chi connectivity index (χ0v) is 21.7. The first-order valence-electron chi connectivity index (χ1n) is 12.0. The van der Waals surface area contributed by atoms with E-state index in [1.807, 2.05) is 0 Å². The van der Waals surface area contributed by atoms with Gasteiger partial charge in [-0.05, 0) is 63.6 Å². The zero-order valence-electron chi connectivity index (χ0n) is 19.3. The summed E-state index contributed by atoms with van der Waals surface area (Å²) >= 11 is 4.27. The van der Waals surface area contributed by atoms with Gasteiger partial charge in [-0.25, -0.2) is 4.57 Å². The van der Waals surface area contributed by atoms with Crippen LogP contribution < -0.4 is 21.5 Å². The second-order valence-electron chi connectivity index (χ2n) is 8.41. The molecule has 0 amide bonds. The Bertz CT molecular complexity index is 453. The molecule has 0 saturated carbocycles. The number of aryl methyl sites for hydroxylation is 2. The van der Waals surface area contributed by atoms with Gasteiger partial charge in [-0.15, -0.1) is 0 Å². The molecule has 0 bridgehead atoms. The molecule has 2 nitrogen and oxygen atoms in total. The lowest BCUT2D eigenvalue weighted by Gasteiger charge is -2.12. The van der Waals surface area contributed by atoms with Crippen molar-refractivity contribution in [2.45, 2.75) is 103 Å². The molecule has 1 heterocycles. The van der Waals surface area contributed by atoms with Crippen LogP contribution >= 0.6 is 12.6 Å². The van der Waals surface area contributed by atoms with E-state index < -0.39 is 0 Å². The smallest absolute Gasteiger partial charge is 0.169 e. The van der Waals surface area contributed by atoms with Gasteiger partial charge in [-0.2, -0.15) is 12.6 Å². The monoisotopic (exact) mass is 486 g/mol. The molecule has 0 fully saturated rings. The normalized spacial score (nSPS) is 11.0. The van der Waals surface area contributed by atoms with E-state index in [-0.39, 0.29) is 17.0 Å². The molecule has 1 aromatic heterocycles. The highest BCUT2D eigenvalue weighted by Crippen LogP contribution is 2.10. The van der Waals surface area contributed by atoms with Crippen molar-refractivity contribution in [3.63, 3.8) is 0 Å². The summed E-state index contributed by atoms with van der Waals surface area (Å²) in [4.78, 5) is 2.41. The largest absolute Gasteiger partial charge is 1.00 e. The molecule has 0 aliphatic carbocycles. The lowest BCUT2D eigenvalue weighted by Crippen LogP contribution is -3.00. The van der Waals surface area contributed by atoms with Crippen LogP contribution in [0.15, 0.2) is 24.5 Å². The SMILES string of the molecule is CCN(C)CCCCCCc1cc[n+](CCCCCCCCCCCS)cc1.[Br-]. The summed E-state index contributed by atoms with van der Waals surface area (Å²) in [6.45, 7) is 5.82. The second kappa shape index (κ2) is 21.2. The van der Waals surface area contributed by atoms with Crippen molar-refractivity contribution in [1.29, 1.82) is 0 Å². The number of thiol groups is 1. The first-order chi connectivity index (χ1) is 13.8. The van der Waals surface area contributed by atoms with Gasteiger partial charge in [0.05, 0.1) is 0 Å². The van der Waals surface area contributed by atoms with Crippen LogP contribution in [0, 0.1) is 0 Å². The highest BCUT2D eigenvalue weighted by Gasteiger charge is 2.02. The summed E-state index contributed by atoms with van der Waals surface area (Å²) < 4.78 is 2.36. The van der Waals surface area contributed by atoms with E-state index in [1.165, 1.54) is 115 Å². The van der Waals surface area contributed by atoms with Crippen molar-refractivity contribution < 1.29 is 21.5 Å². The van der Waals surface area contributed by atoms with Crippen LogP contribution in [0.5, 0.6) is 0 Å². The standard InChI is InChI=1S/C25H46N2S.BrH/c1-3-26(2)20-14-11-9-13-17-25-18-22-27(23-19-25)21-15-10-7-5-4-6-8-12-16-24-28;/h18-19,22-23H,3-17,20-21,24H2,1-2H3;1H. The Balaban J connectivity index is 0.00000784.